The van der Waals surface area contributed by atoms with Gasteiger partial charge in [0, 0.05) is 23.6 Å². The topological polar surface area (TPSA) is 64.6 Å². The van der Waals surface area contributed by atoms with Gasteiger partial charge < -0.3 is 9.47 Å². The SMILES string of the molecule is COc1ccc(Cl)cc1S(=O)(=O)N[C@@H]1C[C@H]2OCC[C@@H]12. The molecule has 0 bridgehead atoms. The van der Waals surface area contributed by atoms with E-state index in [0.717, 1.165) is 12.8 Å². The summed E-state index contributed by atoms with van der Waals surface area (Å²) in [6, 6.07) is 4.50. The average Bonchev–Trinajstić information content (AvgIpc) is 2.77. The van der Waals surface area contributed by atoms with Crippen molar-refractivity contribution in [2.24, 2.45) is 5.92 Å². The van der Waals surface area contributed by atoms with Crippen LogP contribution in [0.15, 0.2) is 23.1 Å². The molecule has 0 aromatic heterocycles. The van der Waals surface area contributed by atoms with Crippen molar-refractivity contribution in [2.75, 3.05) is 13.7 Å². The highest BCUT2D eigenvalue weighted by Gasteiger charge is 2.47. The summed E-state index contributed by atoms with van der Waals surface area (Å²) < 4.78 is 38.3. The zero-order valence-electron chi connectivity index (χ0n) is 11.0. The zero-order valence-corrected chi connectivity index (χ0v) is 12.6. The standard InChI is InChI=1S/C13H16ClNO4S/c1-18-11-3-2-8(14)6-13(11)20(16,17)15-10-7-12-9(10)4-5-19-12/h2-3,6,9-10,12,15H,4-5,7H2,1H3/t9-,10+,12+/m0/s1. The van der Waals surface area contributed by atoms with Crippen LogP contribution in [0.5, 0.6) is 5.75 Å². The van der Waals surface area contributed by atoms with Crippen LogP contribution in [0.4, 0.5) is 0 Å². The molecular formula is C13H16ClNO4S. The Labute approximate surface area is 123 Å². The highest BCUT2D eigenvalue weighted by atomic mass is 35.5. The van der Waals surface area contributed by atoms with E-state index in [1.54, 1.807) is 12.1 Å². The van der Waals surface area contributed by atoms with Gasteiger partial charge in [0.05, 0.1) is 13.2 Å². The Kier molecular flexibility index (Phi) is 3.66. The number of nitrogens with one attached hydrogen (secondary N) is 1. The summed E-state index contributed by atoms with van der Waals surface area (Å²) in [5.74, 6) is 0.579. The first-order valence-electron chi connectivity index (χ1n) is 6.49. The van der Waals surface area contributed by atoms with E-state index >= 15 is 0 Å². The monoisotopic (exact) mass is 317 g/mol. The van der Waals surface area contributed by atoms with Gasteiger partial charge in [0.1, 0.15) is 10.6 Å². The quantitative estimate of drug-likeness (QED) is 0.919. The summed E-state index contributed by atoms with van der Waals surface area (Å²) in [7, 11) is -2.20. The molecule has 1 aliphatic carbocycles. The third-order valence-corrected chi connectivity index (χ3v) is 5.73. The fraction of sp³-hybridized carbons (Fsp3) is 0.538. The van der Waals surface area contributed by atoms with Gasteiger partial charge in [-0.15, -0.1) is 0 Å². The Morgan fingerprint density at radius 2 is 2.25 bits per heavy atom. The molecule has 110 valence electrons. The van der Waals surface area contributed by atoms with Crippen molar-refractivity contribution in [3.05, 3.63) is 23.2 Å². The number of halogens is 1. The van der Waals surface area contributed by atoms with Crippen LogP contribution in [-0.4, -0.2) is 34.3 Å². The summed E-state index contributed by atoms with van der Waals surface area (Å²) in [6.07, 6.45) is 1.85. The van der Waals surface area contributed by atoms with Gasteiger partial charge in [0.15, 0.2) is 0 Å². The van der Waals surface area contributed by atoms with Crippen LogP contribution in [0.3, 0.4) is 0 Å². The molecule has 1 saturated heterocycles. The molecule has 2 aliphatic rings. The molecule has 0 unspecified atom stereocenters. The van der Waals surface area contributed by atoms with Crippen LogP contribution in [0.2, 0.25) is 5.02 Å². The second-order valence-corrected chi connectivity index (χ2v) is 7.24. The Morgan fingerprint density at radius 3 is 2.95 bits per heavy atom. The van der Waals surface area contributed by atoms with Gasteiger partial charge >= 0.3 is 0 Å². The lowest BCUT2D eigenvalue weighted by Crippen LogP contribution is -2.53. The number of methoxy groups -OCH3 is 1. The molecule has 1 aromatic carbocycles. The fourth-order valence-electron chi connectivity index (χ4n) is 2.86. The van der Waals surface area contributed by atoms with E-state index < -0.39 is 10.0 Å². The maximum Gasteiger partial charge on any atom is 0.244 e. The lowest BCUT2D eigenvalue weighted by Gasteiger charge is -2.39. The van der Waals surface area contributed by atoms with Crippen molar-refractivity contribution in [3.8, 4) is 5.75 Å². The van der Waals surface area contributed by atoms with Gasteiger partial charge in [-0.05, 0) is 31.0 Å². The number of ether oxygens (including phenoxy) is 2. The van der Waals surface area contributed by atoms with Gasteiger partial charge in [-0.25, -0.2) is 13.1 Å². The lowest BCUT2D eigenvalue weighted by molar-refractivity contribution is 0.0143. The van der Waals surface area contributed by atoms with Crippen molar-refractivity contribution in [1.82, 2.24) is 4.72 Å². The molecule has 7 heteroatoms. The average molecular weight is 318 g/mol. The molecule has 5 nitrogen and oxygen atoms in total. The van der Waals surface area contributed by atoms with Crippen molar-refractivity contribution in [1.29, 1.82) is 0 Å². The molecule has 0 radical (unpaired) electrons. The number of sulfonamides is 1. The largest absolute Gasteiger partial charge is 0.495 e. The van der Waals surface area contributed by atoms with Crippen LogP contribution >= 0.6 is 11.6 Å². The van der Waals surface area contributed by atoms with E-state index in [9.17, 15) is 8.42 Å². The summed E-state index contributed by atoms with van der Waals surface area (Å²) in [4.78, 5) is 0.0786. The van der Waals surface area contributed by atoms with E-state index in [2.05, 4.69) is 4.72 Å². The molecule has 3 rings (SSSR count). The highest BCUT2D eigenvalue weighted by molar-refractivity contribution is 7.89. The van der Waals surface area contributed by atoms with Crippen molar-refractivity contribution in [2.45, 2.75) is 29.9 Å². The van der Waals surface area contributed by atoms with Crippen LogP contribution < -0.4 is 9.46 Å². The summed E-state index contributed by atoms with van der Waals surface area (Å²) in [5.41, 5.74) is 0. The van der Waals surface area contributed by atoms with Crippen molar-refractivity contribution < 1.29 is 17.9 Å². The van der Waals surface area contributed by atoms with Gasteiger partial charge in [0.25, 0.3) is 0 Å². The predicted molar refractivity (Wildman–Crippen MR) is 74.6 cm³/mol. The normalized spacial score (nSPS) is 28.8. The van der Waals surface area contributed by atoms with Crippen LogP contribution in [0.1, 0.15) is 12.8 Å². The molecule has 1 aromatic rings. The highest BCUT2D eigenvalue weighted by Crippen LogP contribution is 2.39. The molecule has 1 aliphatic heterocycles. The smallest absolute Gasteiger partial charge is 0.244 e. The van der Waals surface area contributed by atoms with E-state index in [-0.39, 0.29) is 23.0 Å². The summed E-state index contributed by atoms with van der Waals surface area (Å²) in [6.45, 7) is 0.716. The molecule has 1 heterocycles. The van der Waals surface area contributed by atoms with Crippen molar-refractivity contribution >= 4 is 21.6 Å². The molecule has 3 atom stereocenters. The minimum Gasteiger partial charge on any atom is -0.495 e. The molecular weight excluding hydrogens is 302 g/mol. The fourth-order valence-corrected chi connectivity index (χ4v) is 4.59. The van der Waals surface area contributed by atoms with Crippen LogP contribution in [0.25, 0.3) is 0 Å². The second kappa shape index (κ2) is 5.18. The van der Waals surface area contributed by atoms with Crippen LogP contribution in [-0.2, 0) is 14.8 Å². The van der Waals surface area contributed by atoms with E-state index in [1.807, 2.05) is 0 Å². The predicted octanol–water partition coefficient (Wildman–Crippen LogP) is 1.80. The molecule has 20 heavy (non-hydrogen) atoms. The van der Waals surface area contributed by atoms with Gasteiger partial charge in [0.2, 0.25) is 10.0 Å². The van der Waals surface area contributed by atoms with Crippen LogP contribution in [0, 0.1) is 5.92 Å². The molecule has 0 spiro atoms. The second-order valence-electron chi connectivity index (χ2n) is 5.12. The molecule has 1 saturated carbocycles. The number of hydrogen-bond donors (Lipinski definition) is 1. The van der Waals surface area contributed by atoms with Gasteiger partial charge in [-0.2, -0.15) is 0 Å². The lowest BCUT2D eigenvalue weighted by atomic mass is 9.77. The summed E-state index contributed by atoms with van der Waals surface area (Å²) >= 11 is 5.89. The van der Waals surface area contributed by atoms with E-state index in [4.69, 9.17) is 21.1 Å². The third-order valence-electron chi connectivity index (χ3n) is 3.99. The maximum atomic E-state index is 12.5. The Hall–Kier alpha value is -0.820. The minimum atomic E-state index is -3.64. The number of hydrogen-bond acceptors (Lipinski definition) is 4. The van der Waals surface area contributed by atoms with Gasteiger partial charge in [-0.3, -0.25) is 0 Å². The minimum absolute atomic E-state index is 0.0591. The molecule has 1 N–H and O–H groups in total. The number of fused-ring (bicyclic) bond motifs is 1. The number of rotatable bonds is 4. The Morgan fingerprint density at radius 1 is 1.45 bits per heavy atom. The number of benzene rings is 1. The first kappa shape index (κ1) is 14.1. The summed E-state index contributed by atoms with van der Waals surface area (Å²) in [5, 5.41) is 0.363. The maximum absolute atomic E-state index is 12.5. The van der Waals surface area contributed by atoms with E-state index in [0.29, 0.717) is 17.4 Å². The zero-order chi connectivity index (χ0) is 14.3. The Bertz CT molecular complexity index is 619. The van der Waals surface area contributed by atoms with Gasteiger partial charge in [-0.1, -0.05) is 11.6 Å². The first-order valence-corrected chi connectivity index (χ1v) is 8.35. The molecule has 0 amide bonds. The Balaban J connectivity index is 1.83. The van der Waals surface area contributed by atoms with Crippen molar-refractivity contribution in [3.63, 3.8) is 0 Å². The van der Waals surface area contributed by atoms with E-state index in [1.165, 1.54) is 13.2 Å². The molecule has 2 fully saturated rings. The first-order chi connectivity index (χ1) is 9.51. The third kappa shape index (κ3) is 2.41.